The number of anilines is 3. The number of nitrogens with zero attached hydrogens (tertiary/aromatic N) is 4. The van der Waals surface area contributed by atoms with Gasteiger partial charge in [-0.15, -0.1) is 0 Å². The first-order valence-electron chi connectivity index (χ1n) is 13.5. The Morgan fingerprint density at radius 1 is 0.976 bits per heavy atom. The van der Waals surface area contributed by atoms with Crippen LogP contribution in [0.5, 0.6) is 0 Å². The minimum Gasteiger partial charge on any atom is -0.442 e. The van der Waals surface area contributed by atoms with Crippen LogP contribution in [-0.2, 0) is 20.8 Å². The number of ether oxygens (including phenoxy) is 2. The molecular formula is C27H32F4N6O4. The highest BCUT2D eigenvalue weighted by molar-refractivity contribution is 5.90. The summed E-state index contributed by atoms with van der Waals surface area (Å²) < 4.78 is 65.7. The van der Waals surface area contributed by atoms with Crippen LogP contribution in [0.4, 0.5) is 39.4 Å². The number of amides is 2. The first kappa shape index (κ1) is 28.9. The number of nitrogens with one attached hydrogen (secondary N) is 2. The average molecular weight is 581 g/mol. The molecule has 2 amide bonds. The molecule has 2 N–H and O–H groups in total. The Bertz CT molecular complexity index is 1210. The van der Waals surface area contributed by atoms with Gasteiger partial charge in [-0.3, -0.25) is 15.1 Å². The van der Waals surface area contributed by atoms with Crippen molar-refractivity contribution in [2.24, 2.45) is 0 Å². The molecule has 0 bridgehead atoms. The second-order valence-corrected chi connectivity index (χ2v) is 10.0. The molecule has 3 aliphatic heterocycles. The minimum absolute atomic E-state index is 0.0634. The molecule has 3 saturated heterocycles. The third-order valence-corrected chi connectivity index (χ3v) is 7.25. The van der Waals surface area contributed by atoms with Crippen LogP contribution in [0.2, 0.25) is 0 Å². The maximum atomic E-state index is 15.2. The van der Waals surface area contributed by atoms with E-state index in [1.165, 1.54) is 0 Å². The summed E-state index contributed by atoms with van der Waals surface area (Å²) in [6, 6.07) is 10.4. The number of carbonyl (C=O) groups excluding carboxylic acids is 2. The number of alkyl halides is 2. The van der Waals surface area contributed by atoms with Crippen LogP contribution in [0.1, 0.15) is 5.56 Å². The van der Waals surface area contributed by atoms with Gasteiger partial charge in [0.2, 0.25) is 0 Å². The van der Waals surface area contributed by atoms with Gasteiger partial charge in [-0.2, -0.15) is 8.78 Å². The standard InChI is InChI=1S/C27H32F4N6O4/c28-22-13-20(37-17-21(41-27(37)39)15-32-26(38)25(30)31)14-23(29)24(22)35-6-5-33-36(8-7-35)16-18-1-3-19(4-2-18)34-9-11-40-12-10-34/h1-4,13-14,21,25,33H,5-12,15-17H2,(H,32,38). The summed E-state index contributed by atoms with van der Waals surface area (Å²) in [6.45, 7) is 4.99. The summed E-state index contributed by atoms with van der Waals surface area (Å²) in [5.74, 6) is -3.17. The fourth-order valence-electron chi connectivity index (χ4n) is 5.13. The number of hydrogen-bond donors (Lipinski definition) is 2. The first-order valence-corrected chi connectivity index (χ1v) is 13.5. The normalized spacial score (nSPS) is 20.4. The average Bonchev–Trinajstić information content (AvgIpc) is 3.19. The molecule has 0 aromatic heterocycles. The zero-order chi connectivity index (χ0) is 28.9. The summed E-state index contributed by atoms with van der Waals surface area (Å²) >= 11 is 0. The van der Waals surface area contributed by atoms with E-state index in [4.69, 9.17) is 9.47 Å². The van der Waals surface area contributed by atoms with Gasteiger partial charge in [0, 0.05) is 63.6 Å². The van der Waals surface area contributed by atoms with Crippen LogP contribution in [0.25, 0.3) is 0 Å². The van der Waals surface area contributed by atoms with Gasteiger partial charge < -0.3 is 24.6 Å². The summed E-state index contributed by atoms with van der Waals surface area (Å²) in [5.41, 5.74) is 5.31. The molecule has 3 aliphatic rings. The molecule has 0 radical (unpaired) electrons. The van der Waals surface area contributed by atoms with Gasteiger partial charge in [-0.1, -0.05) is 12.1 Å². The maximum Gasteiger partial charge on any atom is 0.414 e. The lowest BCUT2D eigenvalue weighted by Crippen LogP contribution is -2.38. The fourth-order valence-corrected chi connectivity index (χ4v) is 5.13. The van der Waals surface area contributed by atoms with E-state index in [0.29, 0.717) is 32.7 Å². The molecule has 2 aromatic rings. The molecule has 0 saturated carbocycles. The molecule has 3 fully saturated rings. The first-order chi connectivity index (χ1) is 19.8. The van der Waals surface area contributed by atoms with E-state index < -0.39 is 36.2 Å². The molecule has 14 heteroatoms. The SMILES string of the molecule is O=C(NCC1CN(c2cc(F)c(N3CCNN(Cc4ccc(N5CCOCC5)cc4)CC3)c(F)c2)C(=O)O1)C(F)F. The number of morpholine rings is 1. The van der Waals surface area contributed by atoms with E-state index in [1.54, 1.807) is 4.90 Å². The molecule has 1 unspecified atom stereocenters. The smallest absolute Gasteiger partial charge is 0.414 e. The number of cyclic esters (lactones) is 1. The van der Waals surface area contributed by atoms with E-state index in [-0.39, 0.29) is 24.5 Å². The van der Waals surface area contributed by atoms with Crippen molar-refractivity contribution >= 4 is 29.1 Å². The number of hydrazine groups is 1. The molecule has 10 nitrogen and oxygen atoms in total. The van der Waals surface area contributed by atoms with Gasteiger partial charge in [0.05, 0.1) is 32.0 Å². The minimum atomic E-state index is -3.20. The van der Waals surface area contributed by atoms with Crippen molar-refractivity contribution in [3.05, 3.63) is 53.6 Å². The Kier molecular flexibility index (Phi) is 9.10. The van der Waals surface area contributed by atoms with Crippen molar-refractivity contribution < 1.29 is 36.6 Å². The van der Waals surface area contributed by atoms with E-state index in [2.05, 4.69) is 34.6 Å². The van der Waals surface area contributed by atoms with Crippen LogP contribution < -0.4 is 25.4 Å². The Morgan fingerprint density at radius 3 is 2.37 bits per heavy atom. The van der Waals surface area contributed by atoms with E-state index >= 15 is 8.78 Å². The van der Waals surface area contributed by atoms with E-state index in [1.807, 2.05) is 10.3 Å². The monoisotopic (exact) mass is 580 g/mol. The zero-order valence-electron chi connectivity index (χ0n) is 22.3. The number of halogens is 4. The van der Waals surface area contributed by atoms with Gasteiger partial charge in [-0.05, 0) is 17.7 Å². The third kappa shape index (κ3) is 7.00. The van der Waals surface area contributed by atoms with Crippen molar-refractivity contribution in [3.63, 3.8) is 0 Å². The Labute approximate surface area is 234 Å². The van der Waals surface area contributed by atoms with E-state index in [9.17, 15) is 18.4 Å². The number of rotatable bonds is 8. The summed E-state index contributed by atoms with van der Waals surface area (Å²) in [7, 11) is 0. The predicted octanol–water partition coefficient (Wildman–Crippen LogP) is 2.33. The lowest BCUT2D eigenvalue weighted by Gasteiger charge is -2.29. The zero-order valence-corrected chi connectivity index (χ0v) is 22.3. The molecule has 3 heterocycles. The maximum absolute atomic E-state index is 15.2. The number of carbonyl (C=O) groups is 2. The van der Waals surface area contributed by atoms with Crippen molar-refractivity contribution in [2.45, 2.75) is 19.1 Å². The Morgan fingerprint density at radius 2 is 1.68 bits per heavy atom. The largest absolute Gasteiger partial charge is 0.442 e. The second kappa shape index (κ2) is 12.9. The van der Waals surface area contributed by atoms with Gasteiger partial charge in [-0.25, -0.2) is 18.6 Å². The third-order valence-electron chi connectivity index (χ3n) is 7.25. The lowest BCUT2D eigenvalue weighted by molar-refractivity contribution is -0.132. The lowest BCUT2D eigenvalue weighted by atomic mass is 10.2. The molecule has 41 heavy (non-hydrogen) atoms. The van der Waals surface area contributed by atoms with Gasteiger partial charge in [0.1, 0.15) is 11.8 Å². The topological polar surface area (TPSA) is 89.6 Å². The van der Waals surface area contributed by atoms with Crippen LogP contribution in [-0.4, -0.2) is 95.1 Å². The summed E-state index contributed by atoms with van der Waals surface area (Å²) in [6.07, 6.45) is -5.03. The highest BCUT2D eigenvalue weighted by Gasteiger charge is 2.34. The van der Waals surface area contributed by atoms with Crippen LogP contribution >= 0.6 is 0 Å². The molecule has 0 aliphatic carbocycles. The van der Waals surface area contributed by atoms with Crippen LogP contribution in [0.15, 0.2) is 36.4 Å². The number of hydrogen-bond acceptors (Lipinski definition) is 8. The number of benzene rings is 2. The molecule has 1 atom stereocenters. The highest BCUT2D eigenvalue weighted by Crippen LogP contribution is 2.31. The van der Waals surface area contributed by atoms with Gasteiger partial charge >= 0.3 is 12.5 Å². The fraction of sp³-hybridized carbons (Fsp3) is 0.481. The molecule has 0 spiro atoms. The van der Waals surface area contributed by atoms with Crippen molar-refractivity contribution in [1.29, 1.82) is 0 Å². The Hall–Kier alpha value is -3.62. The quantitative estimate of drug-likeness (QED) is 0.461. The van der Waals surface area contributed by atoms with Gasteiger partial charge in [0.25, 0.3) is 5.91 Å². The summed E-state index contributed by atoms with van der Waals surface area (Å²) in [5, 5.41) is 3.98. The van der Waals surface area contributed by atoms with E-state index in [0.717, 1.165) is 54.6 Å². The summed E-state index contributed by atoms with van der Waals surface area (Å²) in [4.78, 5) is 28.3. The predicted molar refractivity (Wildman–Crippen MR) is 143 cm³/mol. The molecule has 2 aromatic carbocycles. The van der Waals surface area contributed by atoms with Crippen molar-refractivity contribution in [1.82, 2.24) is 15.8 Å². The van der Waals surface area contributed by atoms with Crippen LogP contribution in [0, 0.1) is 11.6 Å². The van der Waals surface area contributed by atoms with Crippen molar-refractivity contribution in [2.75, 3.05) is 80.3 Å². The second-order valence-electron chi connectivity index (χ2n) is 10.0. The van der Waals surface area contributed by atoms with Gasteiger partial charge in [0.15, 0.2) is 11.6 Å². The molecule has 5 rings (SSSR count). The molecular weight excluding hydrogens is 548 g/mol. The Balaban J connectivity index is 1.18. The molecule has 222 valence electrons. The highest BCUT2D eigenvalue weighted by atomic mass is 19.3. The van der Waals surface area contributed by atoms with Crippen LogP contribution in [0.3, 0.4) is 0 Å². The van der Waals surface area contributed by atoms with Crippen molar-refractivity contribution in [3.8, 4) is 0 Å².